The van der Waals surface area contributed by atoms with Gasteiger partial charge in [-0.05, 0) is 52.4 Å². The molecule has 1 heterocycles. The average Bonchev–Trinajstić information content (AvgIpc) is 2.65. The summed E-state index contributed by atoms with van der Waals surface area (Å²) in [5.41, 5.74) is -0.635. The van der Waals surface area contributed by atoms with Crippen molar-refractivity contribution in [2.24, 2.45) is 5.92 Å². The minimum absolute atomic E-state index is 0.234. The average molecular weight is 356 g/mol. The number of alkyl carbamates (subject to hydrolysis) is 1. The highest BCUT2D eigenvalue weighted by atomic mass is 16.6. The first kappa shape index (κ1) is 21.3. The summed E-state index contributed by atoms with van der Waals surface area (Å²) in [5.74, 6) is -0.434. The van der Waals surface area contributed by atoms with Crippen molar-refractivity contribution in [2.45, 2.75) is 78.0 Å². The number of likely N-dealkylation sites (tertiary alicyclic amines) is 1. The van der Waals surface area contributed by atoms with Crippen LogP contribution in [0.5, 0.6) is 0 Å². The predicted octanol–water partition coefficient (Wildman–Crippen LogP) is 2.48. The Balaban J connectivity index is 2.91. The van der Waals surface area contributed by atoms with E-state index in [1.165, 1.54) is 7.11 Å². The zero-order valence-corrected chi connectivity index (χ0v) is 16.3. The number of ether oxygens (including phenoxy) is 2. The van der Waals surface area contributed by atoms with Crippen LogP contribution in [0, 0.1) is 5.92 Å². The van der Waals surface area contributed by atoms with Gasteiger partial charge in [-0.2, -0.15) is 0 Å². The molecule has 0 spiro atoms. The van der Waals surface area contributed by atoms with Gasteiger partial charge >= 0.3 is 12.1 Å². The van der Waals surface area contributed by atoms with Crippen LogP contribution in [-0.2, 0) is 19.1 Å². The molecule has 0 aromatic carbocycles. The van der Waals surface area contributed by atoms with Crippen LogP contribution < -0.4 is 5.32 Å². The summed E-state index contributed by atoms with van der Waals surface area (Å²) in [4.78, 5) is 38.7. The Kier molecular flexibility index (Phi) is 7.70. The van der Waals surface area contributed by atoms with Crippen molar-refractivity contribution in [3.8, 4) is 0 Å². The molecule has 0 aromatic rings. The molecule has 1 N–H and O–H groups in total. The Hall–Kier alpha value is -1.79. The Morgan fingerprint density at radius 3 is 2.44 bits per heavy atom. The zero-order valence-electron chi connectivity index (χ0n) is 16.3. The molecule has 7 heteroatoms. The maximum Gasteiger partial charge on any atom is 0.408 e. The van der Waals surface area contributed by atoms with Gasteiger partial charge in [-0.3, -0.25) is 4.79 Å². The normalized spacial score (nSPS) is 20.0. The Bertz CT molecular complexity index is 484. The van der Waals surface area contributed by atoms with Gasteiger partial charge in [-0.1, -0.05) is 13.8 Å². The molecule has 2 amide bonds. The molecule has 1 saturated heterocycles. The van der Waals surface area contributed by atoms with Gasteiger partial charge < -0.3 is 19.7 Å². The van der Waals surface area contributed by atoms with Crippen LogP contribution in [0.15, 0.2) is 0 Å². The number of carbonyl (C=O) groups excluding carboxylic acids is 3. The topological polar surface area (TPSA) is 84.9 Å². The van der Waals surface area contributed by atoms with E-state index in [-0.39, 0.29) is 11.8 Å². The van der Waals surface area contributed by atoms with Crippen LogP contribution in [-0.4, -0.2) is 54.2 Å². The highest BCUT2D eigenvalue weighted by Gasteiger charge is 2.37. The molecule has 2 atom stereocenters. The van der Waals surface area contributed by atoms with E-state index < -0.39 is 29.7 Å². The van der Waals surface area contributed by atoms with Gasteiger partial charge in [0.2, 0.25) is 5.91 Å². The quantitative estimate of drug-likeness (QED) is 0.765. The van der Waals surface area contributed by atoms with Crippen molar-refractivity contribution in [3.05, 3.63) is 0 Å². The summed E-state index contributed by atoms with van der Waals surface area (Å²) in [6, 6.07) is -1.31. The third-order valence-corrected chi connectivity index (χ3v) is 3.96. The lowest BCUT2D eigenvalue weighted by Crippen LogP contribution is -2.54. The second-order valence-electron chi connectivity index (χ2n) is 7.89. The lowest BCUT2D eigenvalue weighted by atomic mass is 10.0. The van der Waals surface area contributed by atoms with Crippen molar-refractivity contribution < 1.29 is 23.9 Å². The maximum atomic E-state index is 12.9. The van der Waals surface area contributed by atoms with Crippen molar-refractivity contribution in [1.82, 2.24) is 10.2 Å². The summed E-state index contributed by atoms with van der Waals surface area (Å²) >= 11 is 0. The van der Waals surface area contributed by atoms with Gasteiger partial charge in [0.05, 0.1) is 7.11 Å². The van der Waals surface area contributed by atoms with Crippen LogP contribution >= 0.6 is 0 Å². The number of rotatable bonds is 5. The molecule has 0 bridgehead atoms. The summed E-state index contributed by atoms with van der Waals surface area (Å²) < 4.78 is 10.1. The van der Waals surface area contributed by atoms with Gasteiger partial charge in [-0.25, -0.2) is 9.59 Å². The molecule has 1 aliphatic rings. The number of nitrogens with zero attached hydrogens (tertiary/aromatic N) is 1. The molecule has 1 rings (SSSR count). The van der Waals surface area contributed by atoms with E-state index in [1.807, 2.05) is 13.8 Å². The molecule has 0 saturated carbocycles. The van der Waals surface area contributed by atoms with Crippen molar-refractivity contribution in [3.63, 3.8) is 0 Å². The highest BCUT2D eigenvalue weighted by molar-refractivity contribution is 5.90. The van der Waals surface area contributed by atoms with Crippen molar-refractivity contribution >= 4 is 18.0 Å². The summed E-state index contributed by atoms with van der Waals surface area (Å²) in [7, 11) is 1.33. The molecular formula is C18H32N2O5. The van der Waals surface area contributed by atoms with Crippen LogP contribution in [0.2, 0.25) is 0 Å². The smallest absolute Gasteiger partial charge is 0.408 e. The molecule has 25 heavy (non-hydrogen) atoms. The number of esters is 1. The summed E-state index contributed by atoms with van der Waals surface area (Å²) in [6.07, 6.45) is 2.01. The lowest BCUT2D eigenvalue weighted by molar-refractivity contribution is -0.154. The van der Waals surface area contributed by atoms with Gasteiger partial charge in [0.15, 0.2) is 0 Å². The molecule has 1 aliphatic heterocycles. The molecular weight excluding hydrogens is 324 g/mol. The molecule has 0 aliphatic carbocycles. The molecule has 144 valence electrons. The van der Waals surface area contributed by atoms with Crippen LogP contribution in [0.4, 0.5) is 4.79 Å². The molecule has 7 nitrogen and oxygen atoms in total. The fourth-order valence-corrected chi connectivity index (χ4v) is 2.89. The number of hydrogen-bond donors (Lipinski definition) is 1. The van der Waals surface area contributed by atoms with Gasteiger partial charge in [0, 0.05) is 6.54 Å². The molecule has 0 unspecified atom stereocenters. The summed E-state index contributed by atoms with van der Waals surface area (Å²) in [6.45, 7) is 9.78. The number of methoxy groups -OCH3 is 1. The van der Waals surface area contributed by atoms with E-state index >= 15 is 0 Å². The first-order valence-electron chi connectivity index (χ1n) is 8.93. The molecule has 1 fully saturated rings. The fourth-order valence-electron chi connectivity index (χ4n) is 2.89. The predicted molar refractivity (Wildman–Crippen MR) is 94.0 cm³/mol. The van der Waals surface area contributed by atoms with E-state index in [0.29, 0.717) is 19.4 Å². The largest absolute Gasteiger partial charge is 0.467 e. The van der Waals surface area contributed by atoms with E-state index in [2.05, 4.69) is 5.32 Å². The number of hydrogen-bond acceptors (Lipinski definition) is 5. The summed E-state index contributed by atoms with van der Waals surface area (Å²) in [5, 5.41) is 2.66. The maximum absolute atomic E-state index is 12.9. The van der Waals surface area contributed by atoms with E-state index in [0.717, 1.165) is 12.8 Å². The SMILES string of the molecule is COC(=O)[C@@H](CC(C)C)N1CCCC[C@H](NC(=O)OC(C)(C)C)C1=O. The zero-order chi connectivity index (χ0) is 19.2. The van der Waals surface area contributed by atoms with E-state index in [4.69, 9.17) is 9.47 Å². The van der Waals surface area contributed by atoms with E-state index in [1.54, 1.807) is 25.7 Å². The highest BCUT2D eigenvalue weighted by Crippen LogP contribution is 2.20. The van der Waals surface area contributed by atoms with Crippen molar-refractivity contribution in [2.75, 3.05) is 13.7 Å². The molecule has 0 radical (unpaired) electrons. The number of nitrogens with one attached hydrogen (secondary N) is 1. The molecule has 0 aromatic heterocycles. The second-order valence-corrected chi connectivity index (χ2v) is 7.89. The third kappa shape index (κ3) is 6.92. The Morgan fingerprint density at radius 1 is 1.28 bits per heavy atom. The van der Waals surface area contributed by atoms with E-state index in [9.17, 15) is 14.4 Å². The second kappa shape index (κ2) is 9.06. The van der Waals surface area contributed by atoms with Gasteiger partial charge in [-0.15, -0.1) is 0 Å². The minimum atomic E-state index is -0.684. The van der Waals surface area contributed by atoms with Crippen LogP contribution in [0.25, 0.3) is 0 Å². The first-order valence-corrected chi connectivity index (χ1v) is 8.93. The Labute approximate surface area is 150 Å². The van der Waals surface area contributed by atoms with Gasteiger partial charge in [0.25, 0.3) is 0 Å². The van der Waals surface area contributed by atoms with Crippen LogP contribution in [0.3, 0.4) is 0 Å². The number of amides is 2. The van der Waals surface area contributed by atoms with Crippen LogP contribution in [0.1, 0.15) is 60.3 Å². The minimum Gasteiger partial charge on any atom is -0.467 e. The fraction of sp³-hybridized carbons (Fsp3) is 0.833. The first-order chi connectivity index (χ1) is 11.5. The van der Waals surface area contributed by atoms with Gasteiger partial charge in [0.1, 0.15) is 17.7 Å². The lowest BCUT2D eigenvalue weighted by Gasteiger charge is -2.32. The number of carbonyl (C=O) groups is 3. The standard InChI is InChI=1S/C18H32N2O5/c1-12(2)11-14(16(22)24-6)20-10-8-7-9-13(15(20)21)19-17(23)25-18(3,4)5/h12-14H,7-11H2,1-6H3,(H,19,23)/t13-,14+/m0/s1. The van der Waals surface area contributed by atoms with Crippen molar-refractivity contribution in [1.29, 1.82) is 0 Å². The monoisotopic (exact) mass is 356 g/mol. The Morgan fingerprint density at radius 2 is 1.92 bits per heavy atom. The third-order valence-electron chi connectivity index (χ3n) is 3.96.